The molecule has 102 valence electrons. The summed E-state index contributed by atoms with van der Waals surface area (Å²) in [7, 11) is 3.33. The number of likely N-dealkylation sites (tertiary alicyclic amines) is 1. The molecule has 2 rings (SSSR count). The molecular weight excluding hydrogens is 248 g/mol. The molecule has 0 N–H and O–H groups in total. The quantitative estimate of drug-likeness (QED) is 0.596. The molecule has 1 aliphatic rings. The van der Waals surface area contributed by atoms with Crippen LogP contribution in [0.1, 0.15) is 18.4 Å². The number of rotatable bonds is 2. The third-order valence-corrected chi connectivity index (χ3v) is 3.25. The van der Waals surface area contributed by atoms with Crippen LogP contribution in [0.25, 0.3) is 0 Å². The smallest absolute Gasteiger partial charge is 0.159 e. The molecule has 0 amide bonds. The van der Waals surface area contributed by atoms with E-state index in [0.717, 1.165) is 37.8 Å². The molecule has 1 aliphatic heterocycles. The van der Waals surface area contributed by atoms with E-state index in [1.807, 2.05) is 0 Å². The standard InChI is InChI=1S/C14H17F2N3/c1-17-13(10-5-6-11(15)12(16)9-10)14(18-2)19-7-3-4-8-19/h5-6,9H,3-4,7-8H2,1-2H3. The Morgan fingerprint density at radius 3 is 2.26 bits per heavy atom. The first-order valence-corrected chi connectivity index (χ1v) is 6.31. The van der Waals surface area contributed by atoms with E-state index in [1.165, 1.54) is 12.1 Å². The normalized spacial score (nSPS) is 17.2. The fourth-order valence-corrected chi connectivity index (χ4v) is 2.33. The number of halogens is 2. The van der Waals surface area contributed by atoms with Crippen molar-refractivity contribution < 1.29 is 8.78 Å². The molecule has 1 fully saturated rings. The predicted molar refractivity (Wildman–Crippen MR) is 73.0 cm³/mol. The van der Waals surface area contributed by atoms with E-state index in [2.05, 4.69) is 14.9 Å². The first-order valence-electron chi connectivity index (χ1n) is 6.31. The zero-order valence-electron chi connectivity index (χ0n) is 11.2. The van der Waals surface area contributed by atoms with Gasteiger partial charge in [-0.3, -0.25) is 9.98 Å². The monoisotopic (exact) mass is 265 g/mol. The van der Waals surface area contributed by atoms with E-state index in [0.29, 0.717) is 11.3 Å². The summed E-state index contributed by atoms with van der Waals surface area (Å²) in [5.41, 5.74) is 1.15. The number of aliphatic imine (C=N–C) groups is 2. The summed E-state index contributed by atoms with van der Waals surface area (Å²) in [4.78, 5) is 10.6. The first kappa shape index (κ1) is 13.6. The predicted octanol–water partition coefficient (Wildman–Crippen LogP) is 2.51. The second-order valence-corrected chi connectivity index (χ2v) is 4.44. The molecule has 0 unspecified atom stereocenters. The Kier molecular flexibility index (Phi) is 4.24. The van der Waals surface area contributed by atoms with Gasteiger partial charge in [0, 0.05) is 32.7 Å². The van der Waals surface area contributed by atoms with Crippen molar-refractivity contribution in [1.82, 2.24) is 4.90 Å². The molecule has 0 saturated carbocycles. The molecule has 0 aromatic heterocycles. The number of benzene rings is 1. The molecule has 0 radical (unpaired) electrons. The number of nitrogens with zero attached hydrogens (tertiary/aromatic N) is 3. The molecule has 0 spiro atoms. The third-order valence-electron chi connectivity index (χ3n) is 3.25. The van der Waals surface area contributed by atoms with Crippen LogP contribution >= 0.6 is 0 Å². The Morgan fingerprint density at radius 1 is 1.05 bits per heavy atom. The molecule has 1 aromatic rings. The Balaban J connectivity index is 2.35. The molecule has 5 heteroatoms. The zero-order valence-corrected chi connectivity index (χ0v) is 11.2. The highest BCUT2D eigenvalue weighted by atomic mass is 19.2. The Bertz CT molecular complexity index is 517. The van der Waals surface area contributed by atoms with Crippen molar-refractivity contribution in [3.05, 3.63) is 35.4 Å². The maximum Gasteiger partial charge on any atom is 0.159 e. The average Bonchev–Trinajstić information content (AvgIpc) is 2.93. The van der Waals surface area contributed by atoms with Crippen molar-refractivity contribution in [1.29, 1.82) is 0 Å². The minimum absolute atomic E-state index is 0.550. The Hall–Kier alpha value is -1.78. The maximum atomic E-state index is 13.3. The van der Waals surface area contributed by atoms with Crippen LogP contribution in [0.2, 0.25) is 0 Å². The molecule has 0 aliphatic carbocycles. The van der Waals surface area contributed by atoms with Gasteiger partial charge in [-0.25, -0.2) is 8.78 Å². The van der Waals surface area contributed by atoms with E-state index in [-0.39, 0.29) is 0 Å². The van der Waals surface area contributed by atoms with Gasteiger partial charge in [0.2, 0.25) is 0 Å². The minimum Gasteiger partial charge on any atom is -0.355 e. The van der Waals surface area contributed by atoms with Gasteiger partial charge in [-0.15, -0.1) is 0 Å². The van der Waals surface area contributed by atoms with Crippen molar-refractivity contribution in [3.63, 3.8) is 0 Å². The van der Waals surface area contributed by atoms with E-state index < -0.39 is 11.6 Å². The van der Waals surface area contributed by atoms with Crippen molar-refractivity contribution in [3.8, 4) is 0 Å². The highest BCUT2D eigenvalue weighted by Crippen LogP contribution is 2.15. The zero-order chi connectivity index (χ0) is 13.8. The molecular formula is C14H17F2N3. The van der Waals surface area contributed by atoms with Crippen molar-refractivity contribution >= 4 is 11.5 Å². The summed E-state index contributed by atoms with van der Waals surface area (Å²) in [5, 5.41) is 0. The molecule has 1 heterocycles. The van der Waals surface area contributed by atoms with Crippen LogP contribution in [-0.2, 0) is 0 Å². The number of hydrogen-bond acceptors (Lipinski definition) is 2. The van der Waals surface area contributed by atoms with Gasteiger partial charge in [-0.05, 0) is 31.0 Å². The van der Waals surface area contributed by atoms with Crippen molar-refractivity contribution in [2.24, 2.45) is 9.98 Å². The van der Waals surface area contributed by atoms with E-state index in [1.54, 1.807) is 14.1 Å². The van der Waals surface area contributed by atoms with Crippen LogP contribution in [-0.4, -0.2) is 43.6 Å². The van der Waals surface area contributed by atoms with Crippen molar-refractivity contribution in [2.75, 3.05) is 27.2 Å². The topological polar surface area (TPSA) is 28.0 Å². The van der Waals surface area contributed by atoms with Gasteiger partial charge in [0.05, 0.1) is 0 Å². The Morgan fingerprint density at radius 2 is 1.74 bits per heavy atom. The summed E-state index contributed by atoms with van der Waals surface area (Å²) in [6, 6.07) is 3.81. The lowest BCUT2D eigenvalue weighted by Crippen LogP contribution is -2.35. The van der Waals surface area contributed by atoms with Gasteiger partial charge in [-0.2, -0.15) is 0 Å². The lowest BCUT2D eigenvalue weighted by molar-refractivity contribution is 0.508. The van der Waals surface area contributed by atoms with Gasteiger partial charge in [0.15, 0.2) is 11.6 Å². The summed E-state index contributed by atoms with van der Waals surface area (Å²) >= 11 is 0. The number of amidine groups is 1. The fraction of sp³-hybridized carbons (Fsp3) is 0.429. The van der Waals surface area contributed by atoms with Crippen molar-refractivity contribution in [2.45, 2.75) is 12.8 Å². The van der Waals surface area contributed by atoms with Gasteiger partial charge in [0.1, 0.15) is 11.5 Å². The van der Waals surface area contributed by atoms with Crippen LogP contribution in [0.4, 0.5) is 8.78 Å². The van der Waals surface area contributed by atoms with Gasteiger partial charge < -0.3 is 4.90 Å². The number of hydrogen-bond donors (Lipinski definition) is 0. The molecule has 0 bridgehead atoms. The van der Waals surface area contributed by atoms with Gasteiger partial charge in [0.25, 0.3) is 0 Å². The highest BCUT2D eigenvalue weighted by molar-refractivity contribution is 6.47. The van der Waals surface area contributed by atoms with Crippen LogP contribution in [0, 0.1) is 11.6 Å². The lowest BCUT2D eigenvalue weighted by atomic mass is 10.1. The molecule has 3 nitrogen and oxygen atoms in total. The van der Waals surface area contributed by atoms with Crippen LogP contribution in [0.15, 0.2) is 28.2 Å². The largest absolute Gasteiger partial charge is 0.355 e. The lowest BCUT2D eigenvalue weighted by Gasteiger charge is -2.21. The molecule has 0 atom stereocenters. The highest BCUT2D eigenvalue weighted by Gasteiger charge is 2.21. The first-order chi connectivity index (χ1) is 9.17. The third kappa shape index (κ3) is 2.80. The summed E-state index contributed by atoms with van der Waals surface area (Å²) in [6.45, 7) is 1.85. The average molecular weight is 265 g/mol. The van der Waals surface area contributed by atoms with Crippen LogP contribution in [0.5, 0.6) is 0 Å². The SMILES string of the molecule is CN=C(C(=NC)N1CCCC1)c1ccc(F)c(F)c1. The van der Waals surface area contributed by atoms with Crippen LogP contribution < -0.4 is 0 Å². The minimum atomic E-state index is -0.865. The summed E-state index contributed by atoms with van der Waals surface area (Å²) in [5.74, 6) is -0.975. The molecule has 1 aromatic carbocycles. The van der Waals surface area contributed by atoms with Gasteiger partial charge in [-0.1, -0.05) is 0 Å². The van der Waals surface area contributed by atoms with E-state index in [4.69, 9.17) is 0 Å². The molecule has 1 saturated heterocycles. The van der Waals surface area contributed by atoms with Gasteiger partial charge >= 0.3 is 0 Å². The summed E-state index contributed by atoms with van der Waals surface area (Å²) in [6.07, 6.45) is 2.24. The van der Waals surface area contributed by atoms with E-state index in [9.17, 15) is 8.78 Å². The second-order valence-electron chi connectivity index (χ2n) is 4.44. The Labute approximate surface area is 111 Å². The fourth-order valence-electron chi connectivity index (χ4n) is 2.33. The second kappa shape index (κ2) is 5.91. The summed E-state index contributed by atoms with van der Waals surface area (Å²) < 4.78 is 26.3. The maximum absolute atomic E-state index is 13.3. The molecule has 19 heavy (non-hydrogen) atoms. The van der Waals surface area contributed by atoms with E-state index >= 15 is 0 Å². The van der Waals surface area contributed by atoms with Crippen LogP contribution in [0.3, 0.4) is 0 Å².